The lowest BCUT2D eigenvalue weighted by atomic mass is 10.1. The molecule has 4 N–H and O–H groups in total. The average Bonchev–Trinajstić information content (AvgIpc) is 3.37. The SMILES string of the molecule is CC(=O)c1cccc(Nc2cc(=NC3CC3)n3ncc(=Cc4cc(O)[nH]c4O)c3n2)c1. The van der Waals surface area contributed by atoms with Crippen molar-refractivity contribution in [2.45, 2.75) is 25.8 Å². The highest BCUT2D eigenvalue weighted by molar-refractivity contribution is 5.95. The number of hydrogen-bond donors (Lipinski definition) is 4. The van der Waals surface area contributed by atoms with Gasteiger partial charge in [0.25, 0.3) is 0 Å². The standard InChI is InChI=1S/C22H20N6O3/c1-12(29)13-3-2-4-17(8-13)24-18-10-19(25-16-5-6-16)28-21(26-18)15(11-23-28)7-14-9-20(30)27-22(14)31/h2-4,7-11,16,24,27,30-31H,5-6H2,1H3. The predicted molar refractivity (Wildman–Crippen MR) is 114 cm³/mol. The summed E-state index contributed by atoms with van der Waals surface area (Å²) in [7, 11) is 0. The van der Waals surface area contributed by atoms with E-state index in [0.29, 0.717) is 33.3 Å². The molecule has 0 atom stereocenters. The maximum Gasteiger partial charge on any atom is 0.198 e. The Morgan fingerprint density at radius 2 is 2.13 bits per heavy atom. The number of nitrogens with one attached hydrogen (secondary N) is 2. The molecule has 0 saturated heterocycles. The van der Waals surface area contributed by atoms with Crippen molar-refractivity contribution in [3.8, 4) is 11.8 Å². The first kappa shape index (κ1) is 18.9. The van der Waals surface area contributed by atoms with Crippen molar-refractivity contribution in [3.63, 3.8) is 0 Å². The normalized spacial score (nSPS) is 15.0. The van der Waals surface area contributed by atoms with E-state index in [0.717, 1.165) is 18.5 Å². The zero-order valence-corrected chi connectivity index (χ0v) is 16.7. The fourth-order valence-electron chi connectivity index (χ4n) is 3.30. The molecule has 0 amide bonds. The quantitative estimate of drug-likeness (QED) is 0.369. The summed E-state index contributed by atoms with van der Waals surface area (Å²) in [4.78, 5) is 23.6. The Labute approximate surface area is 176 Å². The number of nitrogens with zero attached hydrogens (tertiary/aromatic N) is 4. The van der Waals surface area contributed by atoms with Crippen LogP contribution in [0.25, 0.3) is 11.7 Å². The third-order valence-electron chi connectivity index (χ3n) is 5.01. The van der Waals surface area contributed by atoms with E-state index in [4.69, 9.17) is 4.99 Å². The second-order valence-corrected chi connectivity index (χ2v) is 7.56. The minimum atomic E-state index is -0.143. The van der Waals surface area contributed by atoms with Crippen LogP contribution >= 0.6 is 0 Å². The molecule has 156 valence electrons. The van der Waals surface area contributed by atoms with Crippen LogP contribution in [-0.2, 0) is 0 Å². The summed E-state index contributed by atoms with van der Waals surface area (Å²) in [5, 5.41) is 27.8. The minimum Gasteiger partial charge on any atom is -0.494 e. The highest BCUT2D eigenvalue weighted by atomic mass is 16.3. The molecule has 31 heavy (non-hydrogen) atoms. The topological polar surface area (TPSA) is 128 Å². The summed E-state index contributed by atoms with van der Waals surface area (Å²) in [6.07, 6.45) is 5.41. The van der Waals surface area contributed by atoms with Gasteiger partial charge in [0.15, 0.2) is 28.7 Å². The van der Waals surface area contributed by atoms with Gasteiger partial charge in [0.2, 0.25) is 0 Å². The van der Waals surface area contributed by atoms with Crippen molar-refractivity contribution in [1.82, 2.24) is 19.6 Å². The lowest BCUT2D eigenvalue weighted by Gasteiger charge is -2.07. The van der Waals surface area contributed by atoms with Gasteiger partial charge in [-0.05, 0) is 38.0 Å². The van der Waals surface area contributed by atoms with E-state index in [2.05, 4.69) is 20.4 Å². The number of rotatable bonds is 5. The van der Waals surface area contributed by atoms with Crippen LogP contribution in [0.5, 0.6) is 11.8 Å². The number of hydrogen-bond acceptors (Lipinski definition) is 7. The van der Waals surface area contributed by atoms with Crippen LogP contribution in [0, 0.1) is 0 Å². The molecule has 9 heteroatoms. The Morgan fingerprint density at radius 1 is 1.29 bits per heavy atom. The summed E-state index contributed by atoms with van der Waals surface area (Å²) in [6.45, 7) is 1.53. The van der Waals surface area contributed by atoms with Gasteiger partial charge in [0.1, 0.15) is 5.82 Å². The van der Waals surface area contributed by atoms with Gasteiger partial charge >= 0.3 is 0 Å². The zero-order chi connectivity index (χ0) is 21.5. The molecule has 0 spiro atoms. The van der Waals surface area contributed by atoms with Crippen molar-refractivity contribution >= 4 is 29.0 Å². The van der Waals surface area contributed by atoms with Crippen molar-refractivity contribution in [2.75, 3.05) is 5.32 Å². The number of anilines is 2. The van der Waals surface area contributed by atoms with Crippen LogP contribution in [0.2, 0.25) is 0 Å². The van der Waals surface area contributed by atoms with E-state index in [9.17, 15) is 15.0 Å². The van der Waals surface area contributed by atoms with Gasteiger partial charge in [-0.3, -0.25) is 14.8 Å². The second-order valence-electron chi connectivity index (χ2n) is 7.56. The molecule has 4 aromatic rings. The predicted octanol–water partition coefficient (Wildman–Crippen LogP) is 2.03. The number of carbonyl (C=O) groups is 1. The van der Waals surface area contributed by atoms with E-state index < -0.39 is 0 Å². The number of benzene rings is 1. The Kier molecular flexibility index (Phi) is 4.43. The minimum absolute atomic E-state index is 0.0151. The maximum absolute atomic E-state index is 11.7. The number of Topliss-reactive ketones (excluding diaryl/α,β-unsaturated/α-hetero) is 1. The van der Waals surface area contributed by atoms with E-state index >= 15 is 0 Å². The molecule has 0 radical (unpaired) electrons. The number of aromatic amines is 1. The molecule has 0 bridgehead atoms. The van der Waals surface area contributed by atoms with E-state index in [1.165, 1.54) is 13.0 Å². The number of fused-ring (bicyclic) bond motifs is 1. The van der Waals surface area contributed by atoms with E-state index in [1.54, 1.807) is 28.9 Å². The maximum atomic E-state index is 11.7. The summed E-state index contributed by atoms with van der Waals surface area (Å²) in [5.41, 5.74) is 2.98. The molecule has 1 aliphatic carbocycles. The third-order valence-corrected chi connectivity index (χ3v) is 5.01. The smallest absolute Gasteiger partial charge is 0.198 e. The largest absolute Gasteiger partial charge is 0.494 e. The third kappa shape index (κ3) is 3.85. The summed E-state index contributed by atoms with van der Waals surface area (Å²) in [6, 6.07) is 10.7. The second kappa shape index (κ2) is 7.28. The molecule has 3 aromatic heterocycles. The van der Waals surface area contributed by atoms with Crippen LogP contribution in [0.15, 0.2) is 47.6 Å². The molecule has 1 aliphatic rings. The van der Waals surface area contributed by atoms with Gasteiger partial charge in [-0.25, -0.2) is 4.98 Å². The van der Waals surface area contributed by atoms with Gasteiger partial charge in [-0.2, -0.15) is 9.61 Å². The Bertz CT molecular complexity index is 1430. The van der Waals surface area contributed by atoms with Crippen LogP contribution in [0.4, 0.5) is 11.5 Å². The van der Waals surface area contributed by atoms with Crippen LogP contribution in [0.3, 0.4) is 0 Å². The number of aromatic nitrogens is 4. The van der Waals surface area contributed by atoms with Gasteiger partial charge in [0, 0.05) is 34.2 Å². The molecule has 5 rings (SSSR count). The van der Waals surface area contributed by atoms with Crippen molar-refractivity contribution < 1.29 is 15.0 Å². The molecule has 1 fully saturated rings. The monoisotopic (exact) mass is 416 g/mol. The molecule has 3 heterocycles. The lowest BCUT2D eigenvalue weighted by Crippen LogP contribution is -2.19. The van der Waals surface area contributed by atoms with Gasteiger partial charge in [-0.1, -0.05) is 12.1 Å². The summed E-state index contributed by atoms with van der Waals surface area (Å²) in [5.74, 6) is 0.267. The van der Waals surface area contributed by atoms with Gasteiger partial charge in [-0.15, -0.1) is 0 Å². The Morgan fingerprint density at radius 3 is 2.84 bits per heavy atom. The zero-order valence-electron chi connectivity index (χ0n) is 16.7. The Balaban J connectivity index is 1.65. The van der Waals surface area contributed by atoms with Crippen molar-refractivity contribution in [2.24, 2.45) is 4.99 Å². The molecule has 0 unspecified atom stereocenters. The Hall–Kier alpha value is -4.14. The number of ketones is 1. The van der Waals surface area contributed by atoms with Crippen LogP contribution in [0.1, 0.15) is 35.7 Å². The molecular weight excluding hydrogens is 396 g/mol. The fourth-order valence-corrected chi connectivity index (χ4v) is 3.30. The molecule has 1 saturated carbocycles. The van der Waals surface area contributed by atoms with E-state index in [-0.39, 0.29) is 23.6 Å². The van der Waals surface area contributed by atoms with Gasteiger partial charge < -0.3 is 15.5 Å². The van der Waals surface area contributed by atoms with Crippen LogP contribution in [-0.4, -0.2) is 41.6 Å². The first-order chi connectivity index (χ1) is 15.0. The molecular formula is C22H20N6O3. The first-order valence-electron chi connectivity index (χ1n) is 9.89. The lowest BCUT2D eigenvalue weighted by molar-refractivity contribution is 0.101. The van der Waals surface area contributed by atoms with Crippen molar-refractivity contribution in [1.29, 1.82) is 0 Å². The van der Waals surface area contributed by atoms with Crippen LogP contribution < -0.4 is 16.0 Å². The molecule has 1 aromatic carbocycles. The highest BCUT2D eigenvalue weighted by Gasteiger charge is 2.20. The fraction of sp³-hybridized carbons (Fsp3) is 0.182. The average molecular weight is 416 g/mol. The number of H-pyrrole nitrogens is 1. The van der Waals surface area contributed by atoms with Crippen molar-refractivity contribution in [3.05, 3.63) is 64.4 Å². The number of carbonyl (C=O) groups excluding carboxylic acids is 1. The summed E-state index contributed by atoms with van der Waals surface area (Å²) >= 11 is 0. The summed E-state index contributed by atoms with van der Waals surface area (Å²) < 4.78 is 1.66. The molecule has 0 aliphatic heterocycles. The first-order valence-corrected chi connectivity index (χ1v) is 9.89. The van der Waals surface area contributed by atoms with Gasteiger partial charge in [0.05, 0.1) is 12.2 Å². The number of aromatic hydroxyl groups is 2. The van der Waals surface area contributed by atoms with E-state index in [1.807, 2.05) is 18.2 Å². The highest BCUT2D eigenvalue weighted by Crippen LogP contribution is 2.23. The molecule has 9 nitrogen and oxygen atoms in total.